The lowest BCUT2D eigenvalue weighted by atomic mass is 10.1. The Morgan fingerprint density at radius 2 is 1.97 bits per heavy atom. The molecule has 0 aliphatic rings. The first-order chi connectivity index (χ1) is 14.6. The van der Waals surface area contributed by atoms with E-state index in [2.05, 4.69) is 38.4 Å². The molecule has 1 N–H and O–H groups in total. The number of carboxylic acid groups (broad SMARTS) is 1. The van der Waals surface area contributed by atoms with Crippen LogP contribution in [0, 0.1) is 5.92 Å². The van der Waals surface area contributed by atoms with Crippen molar-refractivity contribution in [3.05, 3.63) is 52.1 Å². The van der Waals surface area contributed by atoms with Gasteiger partial charge in [-0.05, 0) is 30.4 Å². The average Bonchev–Trinajstić information content (AvgIpc) is 3.00. The minimum Gasteiger partial charge on any atom is -0.478 e. The fourth-order valence-electron chi connectivity index (χ4n) is 3.51. The molecule has 31 heavy (non-hydrogen) atoms. The van der Waals surface area contributed by atoms with Crippen LogP contribution in [0.25, 0.3) is 0 Å². The highest BCUT2D eigenvalue weighted by Gasteiger charge is 2.24. The normalized spacial score (nSPS) is 12.2. The second-order valence-corrected chi connectivity index (χ2v) is 9.24. The quantitative estimate of drug-likeness (QED) is 0.461. The van der Waals surface area contributed by atoms with Gasteiger partial charge in [0.25, 0.3) is 0 Å². The van der Waals surface area contributed by atoms with Crippen LogP contribution in [0.15, 0.2) is 24.3 Å². The van der Waals surface area contributed by atoms with Gasteiger partial charge >= 0.3 is 5.97 Å². The molecule has 1 aromatic heterocycles. The maximum absolute atomic E-state index is 12.8. The summed E-state index contributed by atoms with van der Waals surface area (Å²) in [6, 6.07) is 6.92. The molecule has 0 fully saturated rings. The van der Waals surface area contributed by atoms with E-state index in [1.807, 2.05) is 10.6 Å². The van der Waals surface area contributed by atoms with Gasteiger partial charge in [-0.15, -0.1) is 0 Å². The van der Waals surface area contributed by atoms with Crippen LogP contribution >= 0.6 is 24.2 Å². The summed E-state index contributed by atoms with van der Waals surface area (Å²) in [6.45, 7) is 6.82. The number of benzene rings is 1. The first-order valence-corrected chi connectivity index (χ1v) is 11.5. The van der Waals surface area contributed by atoms with Crippen molar-refractivity contribution < 1.29 is 14.7 Å². The molecule has 1 aromatic carbocycles. The number of imidazole rings is 1. The molecule has 1 atom stereocenters. The van der Waals surface area contributed by atoms with Gasteiger partial charge in [0.05, 0.1) is 23.1 Å². The number of amides is 1. The molecule has 0 bridgehead atoms. The second-order valence-electron chi connectivity index (χ2n) is 8.26. The van der Waals surface area contributed by atoms with E-state index in [4.69, 9.17) is 11.6 Å². The monoisotopic (exact) mass is 465 g/mol. The van der Waals surface area contributed by atoms with Crippen LogP contribution in [0.2, 0.25) is 5.15 Å². The highest BCUT2D eigenvalue weighted by atomic mass is 35.5. The SMILES string of the molecule is CCCCc1nc(Cl)c(CN(C)C(=O)C(S)CC(C)C)n1Cc1ccccc1C(=O)O. The van der Waals surface area contributed by atoms with Crippen LogP contribution in [-0.4, -0.2) is 43.7 Å². The molecular weight excluding hydrogens is 434 g/mol. The Balaban J connectivity index is 2.38. The van der Waals surface area contributed by atoms with Crippen LogP contribution in [0.1, 0.15) is 67.5 Å². The Morgan fingerprint density at radius 1 is 1.29 bits per heavy atom. The number of carbonyl (C=O) groups excluding carboxylic acids is 1. The maximum atomic E-state index is 12.8. The number of hydrogen-bond donors (Lipinski definition) is 2. The fraction of sp³-hybridized carbons (Fsp3) is 0.522. The van der Waals surface area contributed by atoms with Crippen LogP contribution in [-0.2, 0) is 24.3 Å². The molecule has 0 radical (unpaired) electrons. The van der Waals surface area contributed by atoms with Gasteiger partial charge in [0, 0.05) is 20.0 Å². The summed E-state index contributed by atoms with van der Waals surface area (Å²) >= 11 is 11.0. The van der Waals surface area contributed by atoms with Crippen molar-refractivity contribution in [1.29, 1.82) is 0 Å². The third-order valence-electron chi connectivity index (χ3n) is 5.18. The van der Waals surface area contributed by atoms with Gasteiger partial charge in [0.1, 0.15) is 5.82 Å². The molecule has 1 amide bonds. The number of carbonyl (C=O) groups is 2. The van der Waals surface area contributed by atoms with E-state index in [0.717, 1.165) is 25.1 Å². The highest BCUT2D eigenvalue weighted by Crippen LogP contribution is 2.24. The minimum atomic E-state index is -0.975. The molecule has 8 heteroatoms. The first kappa shape index (κ1) is 25.3. The molecule has 1 heterocycles. The topological polar surface area (TPSA) is 75.4 Å². The maximum Gasteiger partial charge on any atom is 0.336 e. The molecule has 0 aliphatic heterocycles. The number of unbranched alkanes of at least 4 members (excludes halogenated alkanes) is 1. The summed E-state index contributed by atoms with van der Waals surface area (Å²) < 4.78 is 1.96. The lowest BCUT2D eigenvalue weighted by molar-refractivity contribution is -0.130. The summed E-state index contributed by atoms with van der Waals surface area (Å²) in [4.78, 5) is 30.6. The van der Waals surface area contributed by atoms with E-state index in [-0.39, 0.29) is 23.3 Å². The molecule has 170 valence electrons. The smallest absolute Gasteiger partial charge is 0.336 e. The van der Waals surface area contributed by atoms with Gasteiger partial charge in [0.2, 0.25) is 5.91 Å². The van der Waals surface area contributed by atoms with E-state index < -0.39 is 5.97 Å². The number of hydrogen-bond acceptors (Lipinski definition) is 4. The van der Waals surface area contributed by atoms with E-state index >= 15 is 0 Å². The number of thiol groups is 1. The third-order valence-corrected chi connectivity index (χ3v) is 5.91. The molecule has 0 aliphatic carbocycles. The lowest BCUT2D eigenvalue weighted by Gasteiger charge is -2.23. The second kappa shape index (κ2) is 11.6. The molecule has 1 unspecified atom stereocenters. The number of nitrogens with zero attached hydrogens (tertiary/aromatic N) is 3. The number of halogens is 1. The zero-order chi connectivity index (χ0) is 23.1. The lowest BCUT2D eigenvalue weighted by Crippen LogP contribution is -2.34. The summed E-state index contributed by atoms with van der Waals surface area (Å²) in [5.41, 5.74) is 1.62. The van der Waals surface area contributed by atoms with Gasteiger partial charge in [-0.1, -0.05) is 57.0 Å². The van der Waals surface area contributed by atoms with Crippen molar-refractivity contribution in [2.24, 2.45) is 5.92 Å². The number of rotatable bonds is 11. The fourth-order valence-corrected chi connectivity index (χ4v) is 4.39. The molecular formula is C23H32ClN3O3S. The van der Waals surface area contributed by atoms with Crippen LogP contribution in [0.4, 0.5) is 0 Å². The van der Waals surface area contributed by atoms with Gasteiger partial charge in [-0.2, -0.15) is 12.6 Å². The molecule has 2 aromatic rings. The Labute approximate surface area is 195 Å². The molecule has 0 saturated heterocycles. The average molecular weight is 466 g/mol. The van der Waals surface area contributed by atoms with Gasteiger partial charge in [-0.25, -0.2) is 9.78 Å². The number of carboxylic acids is 1. The van der Waals surface area contributed by atoms with E-state index in [1.165, 1.54) is 0 Å². The van der Waals surface area contributed by atoms with Crippen molar-refractivity contribution in [2.75, 3.05) is 7.05 Å². The molecule has 0 spiro atoms. The van der Waals surface area contributed by atoms with Crippen LogP contribution in [0.5, 0.6) is 0 Å². The predicted octanol–water partition coefficient (Wildman–Crippen LogP) is 4.93. The van der Waals surface area contributed by atoms with Crippen molar-refractivity contribution in [2.45, 2.75) is 64.8 Å². The zero-order valence-electron chi connectivity index (χ0n) is 18.6. The Kier molecular flexibility index (Phi) is 9.44. The van der Waals surface area contributed by atoms with Crippen LogP contribution in [0.3, 0.4) is 0 Å². The Hall–Kier alpha value is -1.99. The molecule has 2 rings (SSSR count). The largest absolute Gasteiger partial charge is 0.478 e. The van der Waals surface area contributed by atoms with Gasteiger partial charge in [0.15, 0.2) is 5.15 Å². The van der Waals surface area contributed by atoms with E-state index in [9.17, 15) is 14.7 Å². The van der Waals surface area contributed by atoms with Crippen molar-refractivity contribution in [1.82, 2.24) is 14.5 Å². The molecule has 6 nitrogen and oxygen atoms in total. The molecule has 0 saturated carbocycles. The number of aromatic carboxylic acids is 1. The van der Waals surface area contributed by atoms with Crippen molar-refractivity contribution in [3.8, 4) is 0 Å². The van der Waals surface area contributed by atoms with E-state index in [0.29, 0.717) is 35.3 Å². The van der Waals surface area contributed by atoms with Gasteiger partial charge in [-0.3, -0.25) is 4.79 Å². The van der Waals surface area contributed by atoms with Crippen molar-refractivity contribution in [3.63, 3.8) is 0 Å². The summed E-state index contributed by atoms with van der Waals surface area (Å²) in [5.74, 6) is 0.119. The Bertz CT molecular complexity index is 913. The summed E-state index contributed by atoms with van der Waals surface area (Å²) in [6.07, 6.45) is 3.36. The van der Waals surface area contributed by atoms with Crippen LogP contribution < -0.4 is 0 Å². The van der Waals surface area contributed by atoms with Gasteiger partial charge < -0.3 is 14.6 Å². The van der Waals surface area contributed by atoms with Crippen molar-refractivity contribution >= 4 is 36.1 Å². The zero-order valence-corrected chi connectivity index (χ0v) is 20.3. The Morgan fingerprint density at radius 3 is 2.58 bits per heavy atom. The summed E-state index contributed by atoms with van der Waals surface area (Å²) in [5, 5.41) is 9.53. The minimum absolute atomic E-state index is 0.0677. The third kappa shape index (κ3) is 6.74. The number of aryl methyl sites for hydroxylation is 1. The predicted molar refractivity (Wildman–Crippen MR) is 127 cm³/mol. The highest BCUT2D eigenvalue weighted by molar-refractivity contribution is 7.81. The number of aromatic nitrogens is 2. The standard InChI is InChI=1S/C23H32ClN3O3S/c1-5-6-11-20-25-21(24)18(14-26(4)22(28)19(31)12-15(2)3)27(20)13-16-9-7-8-10-17(16)23(29)30/h7-10,15,19,31H,5-6,11-14H2,1-4H3,(H,29,30). The first-order valence-electron chi connectivity index (χ1n) is 10.6. The summed E-state index contributed by atoms with van der Waals surface area (Å²) in [7, 11) is 1.73. The van der Waals surface area contributed by atoms with E-state index in [1.54, 1.807) is 30.1 Å².